The normalized spacial score (nSPS) is 12.3. The standard InChI is InChI=1S/C13H13Br2NO2S/c1-17-7-3-4-8(10(5-7)18-2)12(16)9-6-11(14)19-13(9)15/h3-6,12H,16H2,1-2H3. The molecule has 0 aliphatic rings. The number of thiophene rings is 1. The summed E-state index contributed by atoms with van der Waals surface area (Å²) in [7, 11) is 3.25. The molecule has 0 radical (unpaired) electrons. The van der Waals surface area contributed by atoms with Crippen molar-refractivity contribution < 1.29 is 9.47 Å². The number of hydrogen-bond donors (Lipinski definition) is 1. The lowest BCUT2D eigenvalue weighted by Crippen LogP contribution is -2.12. The second-order valence-corrected chi connectivity index (χ2v) is 7.61. The van der Waals surface area contributed by atoms with Crippen molar-refractivity contribution in [3.63, 3.8) is 0 Å². The summed E-state index contributed by atoms with van der Waals surface area (Å²) in [4.78, 5) is 0. The van der Waals surface area contributed by atoms with Crippen LogP contribution in [0.1, 0.15) is 17.2 Å². The minimum Gasteiger partial charge on any atom is -0.497 e. The van der Waals surface area contributed by atoms with Crippen LogP contribution in [-0.4, -0.2) is 14.2 Å². The fourth-order valence-corrected chi connectivity index (χ4v) is 4.74. The Morgan fingerprint density at radius 3 is 2.37 bits per heavy atom. The number of hydrogen-bond acceptors (Lipinski definition) is 4. The highest BCUT2D eigenvalue weighted by molar-refractivity contribution is 9.12. The van der Waals surface area contributed by atoms with Gasteiger partial charge in [-0.3, -0.25) is 0 Å². The predicted molar refractivity (Wildman–Crippen MR) is 85.3 cm³/mol. The van der Waals surface area contributed by atoms with E-state index in [1.54, 1.807) is 25.6 Å². The summed E-state index contributed by atoms with van der Waals surface area (Å²) in [6.45, 7) is 0. The van der Waals surface area contributed by atoms with Gasteiger partial charge in [-0.1, -0.05) is 0 Å². The Balaban J connectivity index is 2.43. The molecule has 0 bridgehead atoms. The molecule has 2 N–H and O–H groups in total. The molecule has 1 aromatic heterocycles. The van der Waals surface area contributed by atoms with Crippen LogP contribution in [0, 0.1) is 0 Å². The van der Waals surface area contributed by atoms with Gasteiger partial charge in [0.05, 0.1) is 27.8 Å². The van der Waals surface area contributed by atoms with Crippen LogP contribution in [0.15, 0.2) is 31.8 Å². The molecule has 0 aliphatic carbocycles. The van der Waals surface area contributed by atoms with Gasteiger partial charge in [0.25, 0.3) is 0 Å². The molecular formula is C13H13Br2NO2S. The van der Waals surface area contributed by atoms with Crippen LogP contribution in [-0.2, 0) is 0 Å². The lowest BCUT2D eigenvalue weighted by molar-refractivity contribution is 0.390. The van der Waals surface area contributed by atoms with Gasteiger partial charge in [0.15, 0.2) is 0 Å². The van der Waals surface area contributed by atoms with Gasteiger partial charge in [0.1, 0.15) is 11.5 Å². The van der Waals surface area contributed by atoms with Gasteiger partial charge < -0.3 is 15.2 Å². The molecule has 2 aromatic rings. The Bertz CT molecular complexity index is 586. The molecule has 0 spiro atoms. The van der Waals surface area contributed by atoms with E-state index in [1.165, 1.54) is 0 Å². The van der Waals surface area contributed by atoms with E-state index in [2.05, 4.69) is 31.9 Å². The van der Waals surface area contributed by atoms with Crippen LogP contribution in [0.25, 0.3) is 0 Å². The van der Waals surface area contributed by atoms with E-state index in [0.29, 0.717) is 0 Å². The number of rotatable bonds is 4. The topological polar surface area (TPSA) is 44.5 Å². The fraction of sp³-hybridized carbons (Fsp3) is 0.231. The Labute approximate surface area is 133 Å². The second-order valence-electron chi connectivity index (χ2n) is 3.87. The molecule has 0 aliphatic heterocycles. The van der Waals surface area contributed by atoms with Gasteiger partial charge in [0.2, 0.25) is 0 Å². The molecule has 102 valence electrons. The minimum absolute atomic E-state index is 0.252. The van der Waals surface area contributed by atoms with E-state index in [1.807, 2.05) is 24.3 Å². The summed E-state index contributed by atoms with van der Waals surface area (Å²) in [6, 6.07) is 7.42. The molecular weight excluding hydrogens is 394 g/mol. The van der Waals surface area contributed by atoms with Crippen LogP contribution in [0.2, 0.25) is 0 Å². The van der Waals surface area contributed by atoms with E-state index < -0.39 is 0 Å². The Morgan fingerprint density at radius 1 is 1.11 bits per heavy atom. The maximum Gasteiger partial charge on any atom is 0.127 e. The SMILES string of the molecule is COc1ccc(C(N)c2cc(Br)sc2Br)c(OC)c1. The number of methoxy groups -OCH3 is 2. The van der Waals surface area contributed by atoms with Crippen molar-refractivity contribution in [1.29, 1.82) is 0 Å². The third-order valence-corrected chi connectivity index (χ3v) is 5.18. The summed E-state index contributed by atoms with van der Waals surface area (Å²) < 4.78 is 12.6. The van der Waals surface area contributed by atoms with Crippen molar-refractivity contribution in [3.8, 4) is 11.5 Å². The lowest BCUT2D eigenvalue weighted by Gasteiger charge is -2.16. The average Bonchev–Trinajstić information content (AvgIpc) is 2.76. The van der Waals surface area contributed by atoms with E-state index in [0.717, 1.165) is 30.2 Å². The smallest absolute Gasteiger partial charge is 0.127 e. The largest absolute Gasteiger partial charge is 0.497 e. The molecule has 6 heteroatoms. The summed E-state index contributed by atoms with van der Waals surface area (Å²) in [5.41, 5.74) is 8.29. The van der Waals surface area contributed by atoms with Crippen molar-refractivity contribution in [1.82, 2.24) is 0 Å². The third kappa shape index (κ3) is 3.13. The van der Waals surface area contributed by atoms with Crippen molar-refractivity contribution in [2.45, 2.75) is 6.04 Å². The van der Waals surface area contributed by atoms with E-state index >= 15 is 0 Å². The molecule has 1 atom stereocenters. The van der Waals surface area contributed by atoms with Crippen LogP contribution < -0.4 is 15.2 Å². The Kier molecular flexibility index (Phi) is 4.89. The molecule has 0 saturated carbocycles. The first-order valence-electron chi connectivity index (χ1n) is 5.49. The first-order chi connectivity index (χ1) is 9.06. The zero-order chi connectivity index (χ0) is 14.0. The van der Waals surface area contributed by atoms with Gasteiger partial charge in [-0.25, -0.2) is 0 Å². The van der Waals surface area contributed by atoms with Crippen molar-refractivity contribution in [2.75, 3.05) is 14.2 Å². The fourth-order valence-electron chi connectivity index (χ4n) is 1.81. The van der Waals surface area contributed by atoms with E-state index in [9.17, 15) is 0 Å². The first kappa shape index (κ1) is 14.8. The van der Waals surface area contributed by atoms with E-state index in [4.69, 9.17) is 15.2 Å². The lowest BCUT2D eigenvalue weighted by atomic mass is 10.0. The quantitative estimate of drug-likeness (QED) is 0.821. The predicted octanol–water partition coefficient (Wildman–Crippen LogP) is 4.34. The zero-order valence-electron chi connectivity index (χ0n) is 10.4. The highest BCUT2D eigenvalue weighted by Crippen LogP contribution is 2.39. The third-order valence-electron chi connectivity index (χ3n) is 2.79. The van der Waals surface area contributed by atoms with Gasteiger partial charge in [-0.15, -0.1) is 11.3 Å². The van der Waals surface area contributed by atoms with Gasteiger partial charge >= 0.3 is 0 Å². The maximum absolute atomic E-state index is 6.33. The number of ether oxygens (including phenoxy) is 2. The van der Waals surface area contributed by atoms with Crippen LogP contribution in [0.4, 0.5) is 0 Å². The minimum atomic E-state index is -0.252. The molecule has 0 amide bonds. The molecule has 1 aromatic carbocycles. The van der Waals surface area contributed by atoms with Crippen LogP contribution >= 0.6 is 43.2 Å². The van der Waals surface area contributed by atoms with Crippen molar-refractivity contribution in [2.24, 2.45) is 5.73 Å². The van der Waals surface area contributed by atoms with Crippen molar-refractivity contribution >= 4 is 43.2 Å². The molecule has 3 nitrogen and oxygen atoms in total. The number of benzene rings is 1. The van der Waals surface area contributed by atoms with Crippen LogP contribution in [0.5, 0.6) is 11.5 Å². The summed E-state index contributed by atoms with van der Waals surface area (Å²) in [5, 5.41) is 0. The molecule has 19 heavy (non-hydrogen) atoms. The highest BCUT2D eigenvalue weighted by Gasteiger charge is 2.19. The highest BCUT2D eigenvalue weighted by atomic mass is 79.9. The maximum atomic E-state index is 6.33. The Hall–Kier alpha value is -0.560. The molecule has 1 unspecified atom stereocenters. The molecule has 0 saturated heterocycles. The van der Waals surface area contributed by atoms with E-state index in [-0.39, 0.29) is 6.04 Å². The summed E-state index contributed by atoms with van der Waals surface area (Å²) >= 11 is 8.60. The van der Waals surface area contributed by atoms with Gasteiger partial charge in [-0.05, 0) is 55.6 Å². The summed E-state index contributed by atoms with van der Waals surface area (Å²) in [6.07, 6.45) is 0. The number of halogens is 2. The monoisotopic (exact) mass is 405 g/mol. The molecule has 2 rings (SSSR count). The molecule has 0 fully saturated rings. The van der Waals surface area contributed by atoms with Gasteiger partial charge in [0, 0.05) is 11.6 Å². The van der Waals surface area contributed by atoms with Gasteiger partial charge in [-0.2, -0.15) is 0 Å². The first-order valence-corrected chi connectivity index (χ1v) is 7.89. The van der Waals surface area contributed by atoms with Crippen LogP contribution in [0.3, 0.4) is 0 Å². The average molecular weight is 407 g/mol. The zero-order valence-corrected chi connectivity index (χ0v) is 14.4. The van der Waals surface area contributed by atoms with Crippen molar-refractivity contribution in [3.05, 3.63) is 43.0 Å². The summed E-state index contributed by atoms with van der Waals surface area (Å²) in [5.74, 6) is 1.47. The Morgan fingerprint density at radius 2 is 1.84 bits per heavy atom. The number of nitrogens with two attached hydrogens (primary N) is 1. The molecule has 1 heterocycles. The second kappa shape index (κ2) is 6.26.